The number of benzene rings is 2. The highest BCUT2D eigenvalue weighted by molar-refractivity contribution is 7.89. The van der Waals surface area contributed by atoms with E-state index in [1.54, 1.807) is 24.3 Å². The zero-order chi connectivity index (χ0) is 21.7. The van der Waals surface area contributed by atoms with Crippen molar-refractivity contribution in [2.75, 3.05) is 26.2 Å². The van der Waals surface area contributed by atoms with Gasteiger partial charge in [-0.15, -0.1) is 0 Å². The van der Waals surface area contributed by atoms with Gasteiger partial charge in [0.2, 0.25) is 15.9 Å². The topological polar surface area (TPSA) is 113 Å². The predicted octanol–water partition coefficient (Wildman–Crippen LogP) is 0.302. The van der Waals surface area contributed by atoms with E-state index < -0.39 is 27.9 Å². The number of sulfonamides is 1. The number of carbonyl (C=O) groups excluding carboxylic acids is 2. The van der Waals surface area contributed by atoms with E-state index in [9.17, 15) is 22.4 Å². The molecule has 3 rings (SSSR count). The van der Waals surface area contributed by atoms with E-state index in [4.69, 9.17) is 5.73 Å². The first kappa shape index (κ1) is 21.9. The van der Waals surface area contributed by atoms with Crippen LogP contribution in [0.1, 0.15) is 5.56 Å². The van der Waals surface area contributed by atoms with E-state index in [1.807, 2.05) is 6.07 Å². The Morgan fingerprint density at radius 1 is 1.07 bits per heavy atom. The van der Waals surface area contributed by atoms with Gasteiger partial charge in [0.05, 0.1) is 11.3 Å². The Kier molecular flexibility index (Phi) is 6.80. The number of hydrogen-bond acceptors (Lipinski definition) is 5. The maximum atomic E-state index is 13.2. The summed E-state index contributed by atoms with van der Waals surface area (Å²) in [5.41, 5.74) is 6.19. The summed E-state index contributed by atoms with van der Waals surface area (Å²) in [6.07, 6.45) is -1.31. The lowest BCUT2D eigenvalue weighted by atomic mass is 10.1. The molecule has 1 saturated heterocycles. The normalized spacial score (nSPS) is 17.1. The Hall–Kier alpha value is -2.82. The van der Waals surface area contributed by atoms with Crippen molar-refractivity contribution in [1.82, 2.24) is 14.5 Å². The molecule has 1 unspecified atom stereocenters. The van der Waals surface area contributed by atoms with Crippen molar-refractivity contribution in [3.63, 3.8) is 0 Å². The van der Waals surface area contributed by atoms with E-state index in [1.165, 1.54) is 4.90 Å². The van der Waals surface area contributed by atoms with Gasteiger partial charge in [-0.2, -0.15) is 4.31 Å². The van der Waals surface area contributed by atoms with Gasteiger partial charge in [0.25, 0.3) is 5.91 Å². The third-order valence-electron chi connectivity index (χ3n) is 4.75. The molecule has 1 atom stereocenters. The summed E-state index contributed by atoms with van der Waals surface area (Å²) in [6, 6.07) is 13.3. The minimum absolute atomic E-state index is 0.0337. The minimum atomic E-state index is -4.13. The van der Waals surface area contributed by atoms with Gasteiger partial charge in [0, 0.05) is 26.2 Å². The van der Waals surface area contributed by atoms with Gasteiger partial charge >= 0.3 is 0 Å². The summed E-state index contributed by atoms with van der Waals surface area (Å²) in [5.74, 6) is -1.58. The lowest BCUT2D eigenvalue weighted by Crippen LogP contribution is -2.54. The predicted molar refractivity (Wildman–Crippen MR) is 108 cm³/mol. The lowest BCUT2D eigenvalue weighted by molar-refractivity contribution is -0.140. The van der Waals surface area contributed by atoms with Gasteiger partial charge in [-0.05, 0) is 29.8 Å². The Morgan fingerprint density at radius 2 is 1.73 bits per heavy atom. The Bertz CT molecular complexity index is 999. The number of amides is 2. The molecule has 3 N–H and O–H groups in total. The molecule has 30 heavy (non-hydrogen) atoms. The third kappa shape index (κ3) is 4.66. The quantitative estimate of drug-likeness (QED) is 0.651. The summed E-state index contributed by atoms with van der Waals surface area (Å²) in [5, 5.41) is 2.56. The van der Waals surface area contributed by atoms with Crippen molar-refractivity contribution < 1.29 is 22.4 Å². The second-order valence-electron chi connectivity index (χ2n) is 6.77. The van der Waals surface area contributed by atoms with Crippen LogP contribution in [0.4, 0.5) is 4.39 Å². The van der Waals surface area contributed by atoms with Crippen molar-refractivity contribution >= 4 is 21.8 Å². The lowest BCUT2D eigenvalue weighted by Gasteiger charge is -2.28. The monoisotopic (exact) mass is 434 g/mol. The van der Waals surface area contributed by atoms with Crippen molar-refractivity contribution in [1.29, 1.82) is 0 Å². The number of hydrogen-bond donors (Lipinski definition) is 2. The second-order valence-corrected chi connectivity index (χ2v) is 8.66. The summed E-state index contributed by atoms with van der Waals surface area (Å²) in [7, 11) is -4.13. The average Bonchev–Trinajstić information content (AvgIpc) is 3.19. The molecular formula is C20H23FN4O4S. The first-order valence-electron chi connectivity index (χ1n) is 9.43. The fourth-order valence-electron chi connectivity index (χ4n) is 3.29. The molecular weight excluding hydrogens is 411 g/mol. The number of nitrogens with two attached hydrogens (primary N) is 1. The van der Waals surface area contributed by atoms with Crippen LogP contribution >= 0.6 is 0 Å². The first-order chi connectivity index (χ1) is 14.3. The molecule has 8 nitrogen and oxygen atoms in total. The highest BCUT2D eigenvalue weighted by Gasteiger charge is 2.46. The van der Waals surface area contributed by atoms with Crippen molar-refractivity contribution in [3.8, 4) is 0 Å². The average molecular weight is 434 g/mol. The molecule has 0 spiro atoms. The van der Waals surface area contributed by atoms with Gasteiger partial charge in [0.15, 0.2) is 6.17 Å². The molecule has 1 aliphatic rings. The fraction of sp³-hybridized carbons (Fsp3) is 0.300. The molecule has 2 aromatic rings. The number of carbonyl (C=O) groups is 2. The molecule has 160 valence electrons. The summed E-state index contributed by atoms with van der Waals surface area (Å²) in [6.45, 7) is 0.315. The number of halogens is 1. The van der Waals surface area contributed by atoms with Crippen LogP contribution in [0.15, 0.2) is 59.5 Å². The van der Waals surface area contributed by atoms with Gasteiger partial charge in [-0.3, -0.25) is 9.59 Å². The number of nitrogens with zero attached hydrogens (tertiary/aromatic N) is 2. The zero-order valence-corrected chi connectivity index (χ0v) is 17.0. The van der Waals surface area contributed by atoms with E-state index in [0.717, 1.165) is 34.1 Å². The molecule has 0 bridgehead atoms. The fourth-order valence-corrected chi connectivity index (χ4v) is 4.84. The van der Waals surface area contributed by atoms with E-state index in [-0.39, 0.29) is 43.4 Å². The third-order valence-corrected chi connectivity index (χ3v) is 6.61. The van der Waals surface area contributed by atoms with E-state index >= 15 is 0 Å². The number of rotatable bonds is 7. The van der Waals surface area contributed by atoms with Crippen molar-refractivity contribution in [3.05, 3.63) is 66.0 Å². The maximum Gasteiger partial charge on any atom is 0.259 e. The Labute approximate surface area is 174 Å². The minimum Gasteiger partial charge on any atom is -0.352 e. The van der Waals surface area contributed by atoms with Crippen LogP contribution in [0.25, 0.3) is 0 Å². The molecule has 2 amide bonds. The van der Waals surface area contributed by atoms with Crippen LogP contribution < -0.4 is 11.1 Å². The van der Waals surface area contributed by atoms with Gasteiger partial charge < -0.3 is 16.0 Å². The van der Waals surface area contributed by atoms with Gasteiger partial charge in [-0.25, -0.2) is 12.8 Å². The molecule has 1 heterocycles. The molecule has 0 saturated carbocycles. The van der Waals surface area contributed by atoms with Crippen LogP contribution in [-0.4, -0.2) is 61.8 Å². The molecule has 0 aliphatic carbocycles. The van der Waals surface area contributed by atoms with Gasteiger partial charge in [0.1, 0.15) is 5.82 Å². The maximum absolute atomic E-state index is 13.2. The molecule has 0 aromatic heterocycles. The first-order valence-corrected chi connectivity index (χ1v) is 10.9. The standard InChI is InChI=1S/C20H23FN4O4S/c21-16-6-8-17(9-7-16)30(28,29)25-13-12-24(20(25)19(27)23-11-10-22)18(26)14-15-4-2-1-3-5-15/h1-9,20H,10-14,22H2,(H,23,27). The smallest absolute Gasteiger partial charge is 0.259 e. The molecule has 1 aliphatic heterocycles. The van der Waals surface area contributed by atoms with Crippen LogP contribution in [0, 0.1) is 5.82 Å². The zero-order valence-electron chi connectivity index (χ0n) is 16.2. The largest absolute Gasteiger partial charge is 0.352 e. The van der Waals surface area contributed by atoms with E-state index in [0.29, 0.717) is 0 Å². The van der Waals surface area contributed by atoms with E-state index in [2.05, 4.69) is 5.32 Å². The van der Waals surface area contributed by atoms with Crippen molar-refractivity contribution in [2.45, 2.75) is 17.5 Å². The van der Waals surface area contributed by atoms with Crippen molar-refractivity contribution in [2.24, 2.45) is 5.73 Å². The van der Waals surface area contributed by atoms with Crippen LogP contribution in [-0.2, 0) is 26.0 Å². The second kappa shape index (κ2) is 9.33. The van der Waals surface area contributed by atoms with Crippen LogP contribution in [0.5, 0.6) is 0 Å². The summed E-state index contributed by atoms with van der Waals surface area (Å²) in [4.78, 5) is 26.8. The SMILES string of the molecule is NCCNC(=O)C1N(C(=O)Cc2ccccc2)CCN1S(=O)(=O)c1ccc(F)cc1. The highest BCUT2D eigenvalue weighted by atomic mass is 32.2. The molecule has 10 heteroatoms. The van der Waals surface area contributed by atoms with Crippen LogP contribution in [0.2, 0.25) is 0 Å². The van der Waals surface area contributed by atoms with Gasteiger partial charge in [-0.1, -0.05) is 30.3 Å². The molecule has 0 radical (unpaired) electrons. The highest BCUT2D eigenvalue weighted by Crippen LogP contribution is 2.25. The number of nitrogens with one attached hydrogen (secondary N) is 1. The Balaban J connectivity index is 1.90. The summed E-state index contributed by atoms with van der Waals surface area (Å²) >= 11 is 0. The van der Waals surface area contributed by atoms with Crippen LogP contribution in [0.3, 0.4) is 0 Å². The molecule has 1 fully saturated rings. The Morgan fingerprint density at radius 3 is 2.37 bits per heavy atom. The summed E-state index contributed by atoms with van der Waals surface area (Å²) < 4.78 is 40.4. The molecule has 2 aromatic carbocycles.